The van der Waals surface area contributed by atoms with E-state index in [1.165, 1.54) is 12.1 Å². The molecular weight excluding hydrogens is 312 g/mol. The Balaban J connectivity index is 2.45. The Kier molecular flexibility index (Phi) is 4.41. The number of benzene rings is 2. The highest BCUT2D eigenvalue weighted by Crippen LogP contribution is 2.31. The van der Waals surface area contributed by atoms with E-state index in [1.54, 1.807) is 24.3 Å². The summed E-state index contributed by atoms with van der Waals surface area (Å²) in [4.78, 5) is -0.157. The lowest BCUT2D eigenvalue weighted by Gasteiger charge is -2.12. The van der Waals surface area contributed by atoms with Gasteiger partial charge in [0.15, 0.2) is 0 Å². The van der Waals surface area contributed by atoms with Crippen LogP contribution in [-0.2, 0) is 16.4 Å². The molecule has 0 radical (unpaired) electrons. The fraction of sp³-hybridized carbons (Fsp3) is 0.143. The van der Waals surface area contributed by atoms with Gasteiger partial charge in [0.25, 0.3) is 0 Å². The first-order valence-corrected chi connectivity index (χ1v) is 8.12. The summed E-state index contributed by atoms with van der Waals surface area (Å²) >= 11 is 6.04. The number of nitrogens with two attached hydrogens (primary N) is 2. The molecule has 0 aliphatic heterocycles. The highest BCUT2D eigenvalue weighted by Gasteiger charge is 2.16. The van der Waals surface area contributed by atoms with Gasteiger partial charge in [0.1, 0.15) is 16.4 Å². The number of nitrogen functional groups attached to an aromatic ring is 1. The van der Waals surface area contributed by atoms with Crippen LogP contribution in [-0.4, -0.2) is 8.42 Å². The molecule has 2 rings (SSSR count). The summed E-state index contributed by atoms with van der Waals surface area (Å²) in [6, 6.07) is 9.39. The monoisotopic (exact) mass is 326 g/mol. The molecule has 2 aromatic rings. The first-order valence-electron chi connectivity index (χ1n) is 6.20. The number of sulfonamides is 1. The lowest BCUT2D eigenvalue weighted by atomic mass is 10.1. The molecule has 0 amide bonds. The Morgan fingerprint density at radius 1 is 1.19 bits per heavy atom. The number of aryl methyl sites for hydroxylation is 1. The van der Waals surface area contributed by atoms with Crippen molar-refractivity contribution in [3.05, 3.63) is 47.0 Å². The topological polar surface area (TPSA) is 95.4 Å². The van der Waals surface area contributed by atoms with Gasteiger partial charge >= 0.3 is 0 Å². The van der Waals surface area contributed by atoms with E-state index in [0.717, 1.165) is 12.0 Å². The Bertz CT molecular complexity index is 776. The van der Waals surface area contributed by atoms with Crippen LogP contribution >= 0.6 is 11.6 Å². The molecule has 0 aromatic heterocycles. The van der Waals surface area contributed by atoms with Crippen LogP contribution in [0.2, 0.25) is 5.02 Å². The maximum atomic E-state index is 11.6. The van der Waals surface area contributed by atoms with Gasteiger partial charge in [-0.25, -0.2) is 13.6 Å². The van der Waals surface area contributed by atoms with Gasteiger partial charge in [0, 0.05) is 10.7 Å². The predicted molar refractivity (Wildman–Crippen MR) is 83.1 cm³/mol. The summed E-state index contributed by atoms with van der Waals surface area (Å²) in [5.74, 6) is 0.599. The van der Waals surface area contributed by atoms with Crippen LogP contribution in [0.1, 0.15) is 12.5 Å². The van der Waals surface area contributed by atoms with Crippen molar-refractivity contribution < 1.29 is 13.2 Å². The fourth-order valence-corrected chi connectivity index (χ4v) is 2.79. The smallest absolute Gasteiger partial charge is 0.241 e. The first-order chi connectivity index (χ1) is 9.81. The molecule has 0 spiro atoms. The summed E-state index contributed by atoms with van der Waals surface area (Å²) in [5.41, 5.74) is 6.78. The molecule has 4 N–H and O–H groups in total. The summed E-state index contributed by atoms with van der Waals surface area (Å²) in [7, 11) is -3.93. The Hall–Kier alpha value is -1.76. The zero-order chi connectivity index (χ0) is 15.6. The number of anilines is 1. The molecule has 0 saturated carbocycles. The fourth-order valence-electron chi connectivity index (χ4n) is 1.84. The van der Waals surface area contributed by atoms with Gasteiger partial charge in [-0.05, 0) is 48.4 Å². The number of primary sulfonamides is 1. The molecule has 0 heterocycles. The second kappa shape index (κ2) is 5.93. The third kappa shape index (κ3) is 3.66. The maximum Gasteiger partial charge on any atom is 0.241 e. The number of halogens is 1. The van der Waals surface area contributed by atoms with Gasteiger partial charge in [-0.15, -0.1) is 0 Å². The van der Waals surface area contributed by atoms with Gasteiger partial charge in [0.05, 0.1) is 0 Å². The molecule has 5 nitrogen and oxygen atoms in total. The number of rotatable bonds is 4. The molecule has 2 aromatic carbocycles. The van der Waals surface area contributed by atoms with Gasteiger partial charge < -0.3 is 10.5 Å². The minimum atomic E-state index is -3.93. The van der Waals surface area contributed by atoms with Crippen molar-refractivity contribution in [3.8, 4) is 11.5 Å². The maximum absolute atomic E-state index is 11.6. The van der Waals surface area contributed by atoms with E-state index in [2.05, 4.69) is 0 Å². The number of ether oxygens (including phenoxy) is 1. The second-order valence-corrected chi connectivity index (χ2v) is 6.40. The Morgan fingerprint density at radius 2 is 1.90 bits per heavy atom. The zero-order valence-electron chi connectivity index (χ0n) is 11.3. The van der Waals surface area contributed by atoms with Gasteiger partial charge in [0.2, 0.25) is 10.0 Å². The van der Waals surface area contributed by atoms with Gasteiger partial charge in [-0.2, -0.15) is 0 Å². The van der Waals surface area contributed by atoms with Crippen LogP contribution in [0.15, 0.2) is 41.3 Å². The van der Waals surface area contributed by atoms with Crippen molar-refractivity contribution in [1.29, 1.82) is 0 Å². The van der Waals surface area contributed by atoms with E-state index in [-0.39, 0.29) is 16.3 Å². The highest BCUT2D eigenvalue weighted by atomic mass is 35.5. The van der Waals surface area contributed by atoms with Crippen molar-refractivity contribution in [2.45, 2.75) is 18.2 Å². The van der Waals surface area contributed by atoms with Crippen molar-refractivity contribution in [2.24, 2.45) is 5.14 Å². The van der Waals surface area contributed by atoms with E-state index in [9.17, 15) is 8.42 Å². The van der Waals surface area contributed by atoms with E-state index < -0.39 is 10.0 Å². The van der Waals surface area contributed by atoms with E-state index >= 15 is 0 Å². The molecule has 0 unspecified atom stereocenters. The summed E-state index contributed by atoms with van der Waals surface area (Å²) < 4.78 is 28.8. The van der Waals surface area contributed by atoms with Crippen molar-refractivity contribution in [1.82, 2.24) is 0 Å². The standard InChI is InChI=1S/C14H15ClN2O3S/c1-2-9-7-11(4-5-12(9)15)20-13-6-3-10(16)8-14(13)21(17,18)19/h3-8H,2,16H2,1H3,(H2,17,18,19). The average molecular weight is 327 g/mol. The Morgan fingerprint density at radius 3 is 2.52 bits per heavy atom. The molecule has 0 atom stereocenters. The Labute approximate surface area is 128 Å². The summed E-state index contributed by atoms with van der Waals surface area (Å²) in [5, 5.41) is 5.81. The third-order valence-electron chi connectivity index (χ3n) is 2.90. The van der Waals surface area contributed by atoms with Crippen molar-refractivity contribution in [3.63, 3.8) is 0 Å². The molecule has 0 saturated heterocycles. The lowest BCUT2D eigenvalue weighted by Crippen LogP contribution is -2.13. The van der Waals surface area contributed by atoms with Gasteiger partial charge in [-0.1, -0.05) is 18.5 Å². The zero-order valence-corrected chi connectivity index (χ0v) is 12.9. The van der Waals surface area contributed by atoms with Crippen molar-refractivity contribution in [2.75, 3.05) is 5.73 Å². The molecule has 0 aliphatic rings. The van der Waals surface area contributed by atoms with E-state index in [1.807, 2.05) is 6.92 Å². The van der Waals surface area contributed by atoms with E-state index in [4.69, 9.17) is 27.2 Å². The van der Waals surface area contributed by atoms with Crippen LogP contribution in [0.5, 0.6) is 11.5 Å². The van der Waals surface area contributed by atoms with E-state index in [0.29, 0.717) is 10.8 Å². The highest BCUT2D eigenvalue weighted by molar-refractivity contribution is 7.89. The number of hydrogen-bond donors (Lipinski definition) is 2. The quantitative estimate of drug-likeness (QED) is 0.844. The molecule has 21 heavy (non-hydrogen) atoms. The molecule has 7 heteroatoms. The first kappa shape index (κ1) is 15.6. The molecule has 0 fully saturated rings. The average Bonchev–Trinajstić information content (AvgIpc) is 2.41. The number of hydrogen-bond acceptors (Lipinski definition) is 4. The predicted octanol–water partition coefficient (Wildman–Crippen LogP) is 2.92. The normalized spacial score (nSPS) is 11.4. The van der Waals surface area contributed by atoms with Crippen LogP contribution in [0.4, 0.5) is 5.69 Å². The van der Waals surface area contributed by atoms with Crippen molar-refractivity contribution >= 4 is 27.3 Å². The minimum Gasteiger partial charge on any atom is -0.456 e. The van der Waals surface area contributed by atoms with Crippen LogP contribution in [0.25, 0.3) is 0 Å². The molecule has 0 aliphatic carbocycles. The van der Waals surface area contributed by atoms with Crippen LogP contribution in [0.3, 0.4) is 0 Å². The molecule has 0 bridgehead atoms. The molecule has 112 valence electrons. The SMILES string of the molecule is CCc1cc(Oc2ccc(N)cc2S(N)(=O)=O)ccc1Cl. The molecular formula is C14H15ClN2O3S. The van der Waals surface area contributed by atoms with Crippen LogP contribution in [0, 0.1) is 0 Å². The summed E-state index contributed by atoms with van der Waals surface area (Å²) in [6.07, 6.45) is 0.736. The second-order valence-electron chi connectivity index (χ2n) is 4.46. The third-order valence-corrected chi connectivity index (χ3v) is 4.20. The van der Waals surface area contributed by atoms with Crippen LogP contribution < -0.4 is 15.6 Å². The lowest BCUT2D eigenvalue weighted by molar-refractivity contribution is 0.467. The summed E-state index contributed by atoms with van der Waals surface area (Å²) in [6.45, 7) is 1.96. The minimum absolute atomic E-state index is 0.121. The van der Waals surface area contributed by atoms with Gasteiger partial charge in [-0.3, -0.25) is 0 Å². The largest absolute Gasteiger partial charge is 0.456 e.